The van der Waals surface area contributed by atoms with Crippen molar-refractivity contribution in [3.63, 3.8) is 0 Å². The molecule has 3 amide bonds. The van der Waals surface area contributed by atoms with Gasteiger partial charge in [-0.3, -0.25) is 4.79 Å². The number of rotatable bonds is 4. The summed E-state index contributed by atoms with van der Waals surface area (Å²) < 4.78 is 40.8. The van der Waals surface area contributed by atoms with Crippen LogP contribution in [0.15, 0.2) is 10.6 Å². The lowest BCUT2D eigenvalue weighted by Gasteiger charge is -2.08. The van der Waals surface area contributed by atoms with Crippen molar-refractivity contribution in [2.45, 2.75) is 12.6 Å². The minimum Gasteiger partial charge on any atom is -0.418 e. The Morgan fingerprint density at radius 1 is 1.55 bits per heavy atom. The molecule has 0 bridgehead atoms. The number of amides is 3. The lowest BCUT2D eigenvalue weighted by atomic mass is 10.4. The van der Waals surface area contributed by atoms with Gasteiger partial charge < -0.3 is 15.1 Å². The number of aromatic nitrogens is 1. The van der Waals surface area contributed by atoms with E-state index in [1.165, 1.54) is 4.90 Å². The maximum absolute atomic E-state index is 11.9. The van der Waals surface area contributed by atoms with Crippen LogP contribution >= 0.6 is 0 Å². The zero-order valence-electron chi connectivity index (χ0n) is 10.2. The SMILES string of the molecule is O=C(NCCC(F)(F)F)c1cnc(N2CCNC2=O)o1. The van der Waals surface area contributed by atoms with Gasteiger partial charge in [-0.1, -0.05) is 0 Å². The number of urea groups is 1. The molecular weight excluding hydrogens is 281 g/mol. The molecule has 2 rings (SSSR count). The molecule has 1 aliphatic rings. The molecule has 2 N–H and O–H groups in total. The predicted octanol–water partition coefficient (Wildman–Crippen LogP) is 0.886. The Balaban J connectivity index is 1.91. The van der Waals surface area contributed by atoms with Crippen LogP contribution in [0, 0.1) is 0 Å². The molecule has 2 heterocycles. The molecular formula is C10H11F3N4O3. The summed E-state index contributed by atoms with van der Waals surface area (Å²) in [6.07, 6.45) is -4.41. The molecule has 1 aromatic rings. The van der Waals surface area contributed by atoms with Crippen LogP contribution in [0.4, 0.5) is 24.0 Å². The molecule has 1 aliphatic heterocycles. The molecule has 7 nitrogen and oxygen atoms in total. The molecule has 0 unspecified atom stereocenters. The number of halogens is 3. The summed E-state index contributed by atoms with van der Waals surface area (Å²) in [4.78, 5) is 27.8. The maximum atomic E-state index is 11.9. The van der Waals surface area contributed by atoms with Gasteiger partial charge in [0.1, 0.15) is 0 Å². The molecule has 1 saturated heterocycles. The zero-order valence-corrected chi connectivity index (χ0v) is 10.2. The van der Waals surface area contributed by atoms with Crippen molar-refractivity contribution < 1.29 is 27.2 Å². The number of oxazole rings is 1. The topological polar surface area (TPSA) is 87.5 Å². The molecule has 20 heavy (non-hydrogen) atoms. The van der Waals surface area contributed by atoms with Crippen molar-refractivity contribution in [3.05, 3.63) is 12.0 Å². The number of hydrogen-bond acceptors (Lipinski definition) is 4. The number of nitrogens with zero attached hydrogens (tertiary/aromatic N) is 2. The van der Waals surface area contributed by atoms with Crippen molar-refractivity contribution in [1.82, 2.24) is 15.6 Å². The summed E-state index contributed by atoms with van der Waals surface area (Å²) in [5.74, 6) is -1.06. The summed E-state index contributed by atoms with van der Waals surface area (Å²) in [7, 11) is 0. The van der Waals surface area contributed by atoms with Crippen LogP contribution in [-0.2, 0) is 0 Å². The fourth-order valence-electron chi connectivity index (χ4n) is 1.55. The first-order valence-electron chi connectivity index (χ1n) is 5.73. The Hall–Kier alpha value is -2.26. The van der Waals surface area contributed by atoms with Crippen LogP contribution in [0.2, 0.25) is 0 Å². The normalized spacial score (nSPS) is 15.3. The van der Waals surface area contributed by atoms with Crippen molar-refractivity contribution in [2.24, 2.45) is 0 Å². The minimum atomic E-state index is -4.34. The first kappa shape index (κ1) is 14.2. The zero-order chi connectivity index (χ0) is 14.8. The van der Waals surface area contributed by atoms with E-state index in [0.717, 1.165) is 6.20 Å². The average Bonchev–Trinajstić information content (AvgIpc) is 2.95. The van der Waals surface area contributed by atoms with Gasteiger partial charge in [-0.05, 0) is 0 Å². The Morgan fingerprint density at radius 2 is 2.30 bits per heavy atom. The Kier molecular flexibility index (Phi) is 3.81. The Labute approximate surface area is 111 Å². The Bertz CT molecular complexity index is 514. The molecule has 0 saturated carbocycles. The summed E-state index contributed by atoms with van der Waals surface area (Å²) in [6, 6.07) is -0.475. The lowest BCUT2D eigenvalue weighted by Crippen LogP contribution is -2.28. The van der Waals surface area contributed by atoms with E-state index in [1.54, 1.807) is 0 Å². The van der Waals surface area contributed by atoms with Crippen molar-refractivity contribution in [3.8, 4) is 0 Å². The van der Waals surface area contributed by atoms with Gasteiger partial charge in [0.25, 0.3) is 5.91 Å². The molecule has 10 heteroatoms. The summed E-state index contributed by atoms with van der Waals surface area (Å²) >= 11 is 0. The van der Waals surface area contributed by atoms with Gasteiger partial charge in [-0.25, -0.2) is 14.7 Å². The smallest absolute Gasteiger partial charge is 0.390 e. The van der Waals surface area contributed by atoms with E-state index in [1.807, 2.05) is 0 Å². The van der Waals surface area contributed by atoms with Crippen molar-refractivity contribution >= 4 is 18.0 Å². The fraction of sp³-hybridized carbons (Fsp3) is 0.500. The van der Waals surface area contributed by atoms with E-state index in [2.05, 4.69) is 15.6 Å². The summed E-state index contributed by atoms with van der Waals surface area (Å²) in [6.45, 7) is 0.214. The second kappa shape index (κ2) is 5.39. The highest BCUT2D eigenvalue weighted by molar-refractivity contribution is 5.94. The van der Waals surface area contributed by atoms with Gasteiger partial charge in [0, 0.05) is 19.6 Å². The minimum absolute atomic E-state index is 0.0685. The number of hydrogen-bond donors (Lipinski definition) is 2. The number of carbonyl (C=O) groups excluding carboxylic acids is 2. The highest BCUT2D eigenvalue weighted by Crippen LogP contribution is 2.19. The molecule has 110 valence electrons. The molecule has 0 aliphatic carbocycles. The van der Waals surface area contributed by atoms with E-state index < -0.39 is 31.1 Å². The van der Waals surface area contributed by atoms with E-state index in [9.17, 15) is 22.8 Å². The van der Waals surface area contributed by atoms with Gasteiger partial charge in [-0.2, -0.15) is 13.2 Å². The monoisotopic (exact) mass is 292 g/mol. The standard InChI is InChI=1S/C10H11F3N4O3/c11-10(12,13)1-2-14-7(18)6-5-16-9(20-6)17-4-3-15-8(17)19/h5H,1-4H2,(H,14,18)(H,15,19). The number of carbonyl (C=O) groups is 2. The number of nitrogens with one attached hydrogen (secondary N) is 2. The van der Waals surface area contributed by atoms with Gasteiger partial charge >= 0.3 is 18.2 Å². The van der Waals surface area contributed by atoms with Crippen LogP contribution in [0.3, 0.4) is 0 Å². The van der Waals surface area contributed by atoms with Crippen LogP contribution in [-0.4, -0.2) is 42.7 Å². The second-order valence-electron chi connectivity index (χ2n) is 4.01. The number of alkyl halides is 3. The van der Waals surface area contributed by atoms with E-state index in [0.29, 0.717) is 13.1 Å². The highest BCUT2D eigenvalue weighted by Gasteiger charge is 2.28. The van der Waals surface area contributed by atoms with Crippen LogP contribution in [0.25, 0.3) is 0 Å². The van der Waals surface area contributed by atoms with E-state index >= 15 is 0 Å². The summed E-state index contributed by atoms with van der Waals surface area (Å²) in [5.41, 5.74) is 0. The molecule has 0 spiro atoms. The Morgan fingerprint density at radius 3 is 2.90 bits per heavy atom. The third kappa shape index (κ3) is 3.39. The van der Waals surface area contributed by atoms with Crippen molar-refractivity contribution in [2.75, 3.05) is 24.5 Å². The van der Waals surface area contributed by atoms with E-state index in [-0.39, 0.29) is 11.8 Å². The van der Waals surface area contributed by atoms with Crippen molar-refractivity contribution in [1.29, 1.82) is 0 Å². The second-order valence-corrected chi connectivity index (χ2v) is 4.01. The molecule has 0 aromatic carbocycles. The predicted molar refractivity (Wildman–Crippen MR) is 60.3 cm³/mol. The van der Waals surface area contributed by atoms with Gasteiger partial charge in [0.15, 0.2) is 0 Å². The third-order valence-corrected chi connectivity index (χ3v) is 2.50. The largest absolute Gasteiger partial charge is 0.418 e. The summed E-state index contributed by atoms with van der Waals surface area (Å²) in [5, 5.41) is 4.58. The van der Waals surface area contributed by atoms with Gasteiger partial charge in [-0.15, -0.1) is 0 Å². The first-order valence-corrected chi connectivity index (χ1v) is 5.73. The quantitative estimate of drug-likeness (QED) is 0.862. The third-order valence-electron chi connectivity index (χ3n) is 2.50. The fourth-order valence-corrected chi connectivity index (χ4v) is 1.55. The molecule has 1 fully saturated rings. The lowest BCUT2D eigenvalue weighted by molar-refractivity contribution is -0.133. The molecule has 0 radical (unpaired) electrons. The number of anilines is 1. The van der Waals surface area contributed by atoms with E-state index in [4.69, 9.17) is 4.42 Å². The average molecular weight is 292 g/mol. The van der Waals surface area contributed by atoms with Crippen LogP contribution < -0.4 is 15.5 Å². The highest BCUT2D eigenvalue weighted by atomic mass is 19.4. The van der Waals surface area contributed by atoms with Crippen LogP contribution in [0.1, 0.15) is 17.0 Å². The first-order chi connectivity index (χ1) is 9.37. The molecule has 1 aromatic heterocycles. The maximum Gasteiger partial charge on any atom is 0.390 e. The van der Waals surface area contributed by atoms with Gasteiger partial charge in [0.05, 0.1) is 12.6 Å². The van der Waals surface area contributed by atoms with Crippen LogP contribution in [0.5, 0.6) is 0 Å². The molecule has 0 atom stereocenters. The van der Waals surface area contributed by atoms with Gasteiger partial charge in [0.2, 0.25) is 5.76 Å².